The predicted molar refractivity (Wildman–Crippen MR) is 87.3 cm³/mol. The molecule has 0 radical (unpaired) electrons. The zero-order chi connectivity index (χ0) is 14.1. The number of thioether (sulfide) groups is 1. The molecule has 0 bridgehead atoms. The van der Waals surface area contributed by atoms with Gasteiger partial charge in [-0.1, -0.05) is 41.6 Å². The number of hydrogen-bond acceptors (Lipinski definition) is 3. The van der Waals surface area contributed by atoms with Crippen molar-refractivity contribution in [3.63, 3.8) is 0 Å². The van der Waals surface area contributed by atoms with Gasteiger partial charge in [0.2, 0.25) is 0 Å². The summed E-state index contributed by atoms with van der Waals surface area (Å²) in [5.41, 5.74) is 1.09. The van der Waals surface area contributed by atoms with E-state index in [0.29, 0.717) is 9.21 Å². The van der Waals surface area contributed by atoms with Gasteiger partial charge in [-0.25, -0.2) is 0 Å². The fraction of sp³-hybridized carbons (Fsp3) is 0.133. The number of aromatic nitrogens is 1. The minimum Gasteiger partial charge on any atom is -0.350 e. The quantitative estimate of drug-likeness (QED) is 0.526. The first kappa shape index (κ1) is 13.7. The fourth-order valence-electron chi connectivity index (χ4n) is 2.00. The van der Waals surface area contributed by atoms with E-state index in [-0.39, 0.29) is 11.0 Å². The molecule has 1 aromatic carbocycles. The second-order valence-electron chi connectivity index (χ2n) is 4.45. The van der Waals surface area contributed by atoms with Crippen molar-refractivity contribution in [3.8, 4) is 0 Å². The maximum absolute atomic E-state index is 12.3. The molecule has 2 aromatic heterocycles. The van der Waals surface area contributed by atoms with Gasteiger partial charge in [0.15, 0.2) is 5.78 Å². The van der Waals surface area contributed by atoms with Gasteiger partial charge in [-0.3, -0.25) is 4.79 Å². The van der Waals surface area contributed by atoms with Crippen LogP contribution in [0.2, 0.25) is 4.34 Å². The molecule has 0 aliphatic carbocycles. The molecule has 0 spiro atoms. The SMILES string of the molecule is CC(Sc1cc2ccccc2[nH]1)C(=O)c1ccc(Cl)s1. The standard InChI is InChI=1S/C15H12ClNOS2/c1-9(15(18)12-6-7-13(16)20-12)19-14-8-10-4-2-3-5-11(10)17-14/h2-9,17H,1H3. The third-order valence-corrected chi connectivity index (χ3v) is 5.28. The average molecular weight is 322 g/mol. The molecular weight excluding hydrogens is 310 g/mol. The maximum atomic E-state index is 12.3. The first-order valence-electron chi connectivity index (χ1n) is 6.17. The normalized spacial score (nSPS) is 12.7. The number of Topliss-reactive ketones (excluding diaryl/α,β-unsaturated/α-hetero) is 1. The summed E-state index contributed by atoms with van der Waals surface area (Å²) >= 11 is 8.75. The Morgan fingerprint density at radius 1 is 1.30 bits per heavy atom. The number of ketones is 1. The van der Waals surface area contributed by atoms with Gasteiger partial charge in [-0.2, -0.15) is 0 Å². The highest BCUT2D eigenvalue weighted by atomic mass is 35.5. The maximum Gasteiger partial charge on any atom is 0.185 e. The summed E-state index contributed by atoms with van der Waals surface area (Å²) in [7, 11) is 0. The molecule has 20 heavy (non-hydrogen) atoms. The van der Waals surface area contributed by atoms with Crippen LogP contribution >= 0.6 is 34.7 Å². The summed E-state index contributed by atoms with van der Waals surface area (Å²) in [6.07, 6.45) is 0. The van der Waals surface area contributed by atoms with Crippen LogP contribution < -0.4 is 0 Å². The van der Waals surface area contributed by atoms with E-state index in [9.17, 15) is 4.79 Å². The third kappa shape index (κ3) is 2.77. The summed E-state index contributed by atoms with van der Waals surface area (Å²) < 4.78 is 0.649. The van der Waals surface area contributed by atoms with E-state index in [1.54, 1.807) is 12.1 Å². The summed E-state index contributed by atoms with van der Waals surface area (Å²) in [5, 5.41) is 2.03. The molecule has 0 aliphatic heterocycles. The van der Waals surface area contributed by atoms with Crippen molar-refractivity contribution < 1.29 is 4.79 Å². The Morgan fingerprint density at radius 3 is 2.80 bits per heavy atom. The highest BCUT2D eigenvalue weighted by Gasteiger charge is 2.19. The molecule has 2 heterocycles. The molecule has 1 atom stereocenters. The minimum absolute atomic E-state index is 0.116. The van der Waals surface area contributed by atoms with E-state index in [1.165, 1.54) is 23.1 Å². The van der Waals surface area contributed by atoms with Gasteiger partial charge in [-0.15, -0.1) is 11.3 Å². The van der Waals surface area contributed by atoms with Crippen LogP contribution in [0.25, 0.3) is 10.9 Å². The van der Waals surface area contributed by atoms with Crippen molar-refractivity contribution in [2.45, 2.75) is 17.2 Å². The number of halogens is 1. The van der Waals surface area contributed by atoms with Crippen LogP contribution in [0.4, 0.5) is 0 Å². The van der Waals surface area contributed by atoms with Crippen LogP contribution in [0, 0.1) is 0 Å². The Morgan fingerprint density at radius 2 is 2.10 bits per heavy atom. The largest absolute Gasteiger partial charge is 0.350 e. The molecule has 5 heteroatoms. The van der Waals surface area contributed by atoms with Crippen LogP contribution in [-0.4, -0.2) is 16.0 Å². The van der Waals surface area contributed by atoms with Crippen LogP contribution in [-0.2, 0) is 0 Å². The lowest BCUT2D eigenvalue weighted by Gasteiger charge is -2.06. The van der Waals surface area contributed by atoms with Gasteiger partial charge in [0, 0.05) is 10.9 Å². The molecule has 0 saturated carbocycles. The van der Waals surface area contributed by atoms with Gasteiger partial charge in [0.05, 0.1) is 19.5 Å². The van der Waals surface area contributed by atoms with Crippen LogP contribution in [0.3, 0.4) is 0 Å². The lowest BCUT2D eigenvalue weighted by molar-refractivity contribution is 0.0998. The number of nitrogens with one attached hydrogen (secondary N) is 1. The lowest BCUT2D eigenvalue weighted by Crippen LogP contribution is -2.11. The Bertz CT molecular complexity index is 729. The number of aromatic amines is 1. The summed E-state index contributed by atoms with van der Waals surface area (Å²) in [5.74, 6) is 0.116. The zero-order valence-electron chi connectivity index (χ0n) is 10.7. The van der Waals surface area contributed by atoms with Crippen molar-refractivity contribution in [2.75, 3.05) is 0 Å². The van der Waals surface area contributed by atoms with Gasteiger partial charge in [0.25, 0.3) is 0 Å². The van der Waals surface area contributed by atoms with Gasteiger partial charge < -0.3 is 4.98 Å². The number of H-pyrrole nitrogens is 1. The van der Waals surface area contributed by atoms with Gasteiger partial charge in [-0.05, 0) is 31.2 Å². The van der Waals surface area contributed by atoms with Gasteiger partial charge in [0.1, 0.15) is 0 Å². The van der Waals surface area contributed by atoms with Crippen molar-refractivity contribution in [1.29, 1.82) is 0 Å². The van der Waals surface area contributed by atoms with E-state index in [0.717, 1.165) is 15.9 Å². The molecule has 0 saturated heterocycles. The number of para-hydroxylation sites is 1. The molecule has 102 valence electrons. The molecule has 1 unspecified atom stereocenters. The Hall–Kier alpha value is -1.23. The number of rotatable bonds is 4. The fourth-order valence-corrected chi connectivity index (χ4v) is 4.13. The van der Waals surface area contributed by atoms with Crippen molar-refractivity contribution >= 4 is 51.4 Å². The van der Waals surface area contributed by atoms with E-state index in [1.807, 2.05) is 25.1 Å². The van der Waals surface area contributed by atoms with E-state index in [2.05, 4.69) is 17.1 Å². The lowest BCUT2D eigenvalue weighted by atomic mass is 10.2. The predicted octanol–water partition coefficient (Wildman–Crippen LogP) is 5.25. The number of hydrogen-bond donors (Lipinski definition) is 1. The molecule has 2 nitrogen and oxygen atoms in total. The first-order chi connectivity index (χ1) is 9.63. The average Bonchev–Trinajstić information content (AvgIpc) is 3.03. The third-order valence-electron chi connectivity index (χ3n) is 2.99. The number of carbonyl (C=O) groups excluding carboxylic acids is 1. The second-order valence-corrected chi connectivity index (χ2v) is 7.55. The van der Waals surface area contributed by atoms with E-state index < -0.39 is 0 Å². The van der Waals surface area contributed by atoms with Gasteiger partial charge >= 0.3 is 0 Å². The van der Waals surface area contributed by atoms with Crippen molar-refractivity contribution in [1.82, 2.24) is 4.98 Å². The Balaban J connectivity index is 1.78. The molecule has 3 rings (SSSR count). The summed E-state index contributed by atoms with van der Waals surface area (Å²) in [6.45, 7) is 1.92. The molecule has 3 aromatic rings. The first-order valence-corrected chi connectivity index (χ1v) is 8.25. The van der Waals surface area contributed by atoms with E-state index >= 15 is 0 Å². The number of fused-ring (bicyclic) bond motifs is 1. The highest BCUT2D eigenvalue weighted by molar-refractivity contribution is 8.00. The van der Waals surface area contributed by atoms with Crippen LogP contribution in [0.1, 0.15) is 16.6 Å². The Labute approximate surface area is 130 Å². The zero-order valence-corrected chi connectivity index (χ0v) is 13.1. The van der Waals surface area contributed by atoms with Crippen LogP contribution in [0.5, 0.6) is 0 Å². The minimum atomic E-state index is -0.141. The van der Waals surface area contributed by atoms with Crippen LogP contribution in [0.15, 0.2) is 47.5 Å². The number of benzene rings is 1. The Kier molecular flexibility index (Phi) is 3.87. The topological polar surface area (TPSA) is 32.9 Å². The van der Waals surface area contributed by atoms with E-state index in [4.69, 9.17) is 11.6 Å². The number of thiophene rings is 1. The van der Waals surface area contributed by atoms with Crippen molar-refractivity contribution in [2.24, 2.45) is 0 Å². The second kappa shape index (κ2) is 5.64. The number of carbonyl (C=O) groups is 1. The summed E-state index contributed by atoms with van der Waals surface area (Å²) in [6, 6.07) is 13.7. The molecule has 0 amide bonds. The summed E-state index contributed by atoms with van der Waals surface area (Å²) in [4.78, 5) is 16.3. The molecule has 0 aliphatic rings. The highest BCUT2D eigenvalue weighted by Crippen LogP contribution is 2.30. The molecule has 1 N–H and O–H groups in total. The molecular formula is C15H12ClNOS2. The monoisotopic (exact) mass is 321 g/mol. The van der Waals surface area contributed by atoms with Crippen molar-refractivity contribution in [3.05, 3.63) is 51.7 Å². The molecule has 0 fully saturated rings. The smallest absolute Gasteiger partial charge is 0.185 e.